The summed E-state index contributed by atoms with van der Waals surface area (Å²) < 4.78 is 1.70. The predicted molar refractivity (Wildman–Crippen MR) is 149 cm³/mol. The van der Waals surface area contributed by atoms with E-state index in [-0.39, 0.29) is 11.6 Å². The summed E-state index contributed by atoms with van der Waals surface area (Å²) in [6.45, 7) is 5.09. The summed E-state index contributed by atoms with van der Waals surface area (Å²) in [6, 6.07) is 6.13. The van der Waals surface area contributed by atoms with Crippen molar-refractivity contribution >= 4 is 46.7 Å². The van der Waals surface area contributed by atoms with Crippen LogP contribution >= 0.6 is 11.3 Å². The number of imide groups is 1. The lowest BCUT2D eigenvalue weighted by Gasteiger charge is -2.33. The number of thiophene rings is 1. The molecule has 12 heteroatoms. The van der Waals surface area contributed by atoms with Gasteiger partial charge in [-0.25, -0.2) is 9.78 Å². The molecule has 2 saturated heterocycles. The Balaban J connectivity index is 1.19. The van der Waals surface area contributed by atoms with Crippen LogP contribution < -0.4 is 21.3 Å². The van der Waals surface area contributed by atoms with E-state index in [1.54, 1.807) is 16.8 Å². The number of urea groups is 1. The zero-order chi connectivity index (χ0) is 26.9. The number of likely N-dealkylation sites (tertiary alicyclic amines) is 1. The molecule has 1 aliphatic carbocycles. The molecule has 3 fully saturated rings. The number of nitrogens with zero attached hydrogens (tertiary/aromatic N) is 4. The number of carbonyl (C=O) groups is 3. The number of hydrogen-bond donors (Lipinski definition) is 4. The Morgan fingerprint density at radius 2 is 2.08 bits per heavy atom. The minimum atomic E-state index is -0.557. The van der Waals surface area contributed by atoms with Crippen molar-refractivity contribution in [2.24, 2.45) is 0 Å². The van der Waals surface area contributed by atoms with E-state index in [1.165, 1.54) is 30.6 Å². The number of piperidine rings is 1. The fourth-order valence-electron chi connectivity index (χ4n) is 5.04. The van der Waals surface area contributed by atoms with Gasteiger partial charge in [0.05, 0.1) is 21.6 Å². The summed E-state index contributed by atoms with van der Waals surface area (Å²) in [6.07, 6.45) is 10.1. The lowest BCUT2D eigenvalue weighted by atomic mass is 10.0. The van der Waals surface area contributed by atoms with Gasteiger partial charge in [-0.2, -0.15) is 9.61 Å². The van der Waals surface area contributed by atoms with E-state index in [4.69, 9.17) is 4.98 Å². The van der Waals surface area contributed by atoms with Gasteiger partial charge in [-0.1, -0.05) is 6.42 Å². The first-order valence-corrected chi connectivity index (χ1v) is 14.4. The second-order valence-electron chi connectivity index (χ2n) is 10.4. The summed E-state index contributed by atoms with van der Waals surface area (Å²) in [4.78, 5) is 45.3. The number of hydrogen-bond acceptors (Lipinski definition) is 8. The van der Waals surface area contributed by atoms with Crippen LogP contribution in [-0.4, -0.2) is 69.1 Å². The first-order valence-electron chi connectivity index (χ1n) is 13.6. The van der Waals surface area contributed by atoms with Crippen molar-refractivity contribution in [3.8, 4) is 10.6 Å². The molecule has 204 valence electrons. The third-order valence-corrected chi connectivity index (χ3v) is 8.49. The van der Waals surface area contributed by atoms with E-state index in [9.17, 15) is 14.4 Å². The molecule has 0 aromatic carbocycles. The van der Waals surface area contributed by atoms with Gasteiger partial charge >= 0.3 is 6.03 Å². The van der Waals surface area contributed by atoms with Gasteiger partial charge in [-0.3, -0.25) is 14.9 Å². The number of nitrogens with one attached hydrogen (secondary N) is 4. The first-order chi connectivity index (χ1) is 18.9. The molecule has 4 N–H and O–H groups in total. The molecular formula is C27H32N8O3S. The molecule has 1 saturated carbocycles. The van der Waals surface area contributed by atoms with Gasteiger partial charge in [0.1, 0.15) is 11.5 Å². The van der Waals surface area contributed by atoms with E-state index in [1.807, 2.05) is 18.2 Å². The van der Waals surface area contributed by atoms with Crippen molar-refractivity contribution in [2.75, 3.05) is 25.0 Å². The Bertz CT molecular complexity index is 1460. The van der Waals surface area contributed by atoms with Crippen LogP contribution in [0.15, 0.2) is 30.1 Å². The van der Waals surface area contributed by atoms with Crippen molar-refractivity contribution < 1.29 is 14.4 Å². The van der Waals surface area contributed by atoms with Gasteiger partial charge in [-0.05, 0) is 63.8 Å². The van der Waals surface area contributed by atoms with Crippen molar-refractivity contribution in [1.82, 2.24) is 35.4 Å². The van der Waals surface area contributed by atoms with Gasteiger partial charge < -0.3 is 20.9 Å². The quantitative estimate of drug-likeness (QED) is 0.183. The summed E-state index contributed by atoms with van der Waals surface area (Å²) in [5.41, 5.74) is 1.99. The van der Waals surface area contributed by atoms with Gasteiger partial charge in [0.15, 0.2) is 5.65 Å². The fourth-order valence-corrected chi connectivity index (χ4v) is 5.93. The standard InChI is InChI=1S/C27H32N8O3S/c1-16-5-2-3-11-34(16)12-4-10-28-26(37)22-9-8-21(39-22)19-14-23(30-18-6-7-18)35-24(31-19)17(15-29-35)13-20-25(36)33-27(38)32-20/h8-9,13-16,18,30H,2-7,10-12H2,1H3,(H,28,37)(H2,32,33,36,38)/b20-13-. The molecule has 11 nitrogen and oxygen atoms in total. The predicted octanol–water partition coefficient (Wildman–Crippen LogP) is 3.21. The van der Waals surface area contributed by atoms with Crippen LogP contribution in [0.5, 0.6) is 0 Å². The van der Waals surface area contributed by atoms with E-state index in [2.05, 4.69) is 38.2 Å². The highest BCUT2D eigenvalue weighted by Gasteiger charge is 2.26. The lowest BCUT2D eigenvalue weighted by molar-refractivity contribution is -0.115. The number of fused-ring (bicyclic) bond motifs is 1. The highest BCUT2D eigenvalue weighted by molar-refractivity contribution is 7.17. The van der Waals surface area contributed by atoms with Crippen molar-refractivity contribution in [2.45, 2.75) is 57.5 Å². The van der Waals surface area contributed by atoms with Crippen LogP contribution in [-0.2, 0) is 4.79 Å². The minimum absolute atomic E-state index is 0.0758. The zero-order valence-corrected chi connectivity index (χ0v) is 22.6. The van der Waals surface area contributed by atoms with Crippen LogP contribution in [0, 0.1) is 0 Å². The van der Waals surface area contributed by atoms with Crippen LogP contribution in [0.1, 0.15) is 60.7 Å². The van der Waals surface area contributed by atoms with E-state index < -0.39 is 11.9 Å². The Hall–Kier alpha value is -3.77. The molecule has 0 bridgehead atoms. The average molecular weight is 549 g/mol. The SMILES string of the molecule is CC1CCCCN1CCCNC(=O)c1ccc(-c2cc(NC3CC3)n3ncc(/C=C4\NC(=O)NC4=O)c3n2)s1. The smallest absolute Gasteiger partial charge is 0.326 e. The molecular weight excluding hydrogens is 516 g/mol. The molecule has 1 atom stereocenters. The van der Waals surface area contributed by atoms with E-state index in [0.29, 0.717) is 40.4 Å². The topological polar surface area (TPSA) is 133 Å². The van der Waals surface area contributed by atoms with Crippen molar-refractivity contribution in [1.29, 1.82) is 0 Å². The van der Waals surface area contributed by atoms with E-state index in [0.717, 1.165) is 43.0 Å². The van der Waals surface area contributed by atoms with Crippen LogP contribution in [0.25, 0.3) is 22.3 Å². The maximum Gasteiger partial charge on any atom is 0.326 e. The molecule has 39 heavy (non-hydrogen) atoms. The number of amides is 4. The average Bonchev–Trinajstić information content (AvgIpc) is 3.29. The summed E-state index contributed by atoms with van der Waals surface area (Å²) >= 11 is 1.40. The maximum atomic E-state index is 12.9. The number of carbonyl (C=O) groups excluding carboxylic acids is 3. The number of anilines is 1. The third kappa shape index (κ3) is 5.66. The lowest BCUT2D eigenvalue weighted by Crippen LogP contribution is -2.39. The number of rotatable bonds is 9. The number of aromatic nitrogens is 3. The van der Waals surface area contributed by atoms with Crippen LogP contribution in [0.3, 0.4) is 0 Å². The zero-order valence-electron chi connectivity index (χ0n) is 21.8. The van der Waals surface area contributed by atoms with Gasteiger partial charge in [-0.15, -0.1) is 11.3 Å². The van der Waals surface area contributed by atoms with Crippen molar-refractivity contribution in [3.63, 3.8) is 0 Å². The van der Waals surface area contributed by atoms with Crippen molar-refractivity contribution in [3.05, 3.63) is 40.5 Å². The third-order valence-electron chi connectivity index (χ3n) is 7.38. The van der Waals surface area contributed by atoms with Crippen LogP contribution in [0.4, 0.5) is 10.6 Å². The van der Waals surface area contributed by atoms with Gasteiger partial charge in [0, 0.05) is 36.8 Å². The molecule has 4 amide bonds. The highest BCUT2D eigenvalue weighted by atomic mass is 32.1. The molecule has 0 radical (unpaired) electrons. The fraction of sp³-hybridized carbons (Fsp3) is 0.444. The molecule has 0 spiro atoms. The second kappa shape index (κ2) is 10.8. The Labute approximate surface area is 230 Å². The first kappa shape index (κ1) is 25.5. The largest absolute Gasteiger partial charge is 0.367 e. The summed E-state index contributed by atoms with van der Waals surface area (Å²) in [7, 11) is 0. The Kier molecular flexibility index (Phi) is 7.05. The maximum absolute atomic E-state index is 12.9. The summed E-state index contributed by atoms with van der Waals surface area (Å²) in [5.74, 6) is 0.215. The Morgan fingerprint density at radius 1 is 1.21 bits per heavy atom. The van der Waals surface area contributed by atoms with Gasteiger partial charge in [0.2, 0.25) is 0 Å². The Morgan fingerprint density at radius 3 is 2.85 bits per heavy atom. The molecule has 3 aromatic rings. The molecule has 3 aliphatic rings. The molecule has 6 rings (SSSR count). The monoisotopic (exact) mass is 548 g/mol. The second-order valence-corrected chi connectivity index (χ2v) is 11.5. The van der Waals surface area contributed by atoms with Gasteiger partial charge in [0.25, 0.3) is 11.8 Å². The molecule has 1 unspecified atom stereocenters. The normalized spacial score (nSPS) is 20.8. The van der Waals surface area contributed by atoms with Crippen LogP contribution in [0.2, 0.25) is 0 Å². The molecule has 2 aliphatic heterocycles. The minimum Gasteiger partial charge on any atom is -0.367 e. The highest BCUT2D eigenvalue weighted by Crippen LogP contribution is 2.32. The molecule has 5 heterocycles. The molecule has 3 aromatic heterocycles. The van der Waals surface area contributed by atoms with E-state index >= 15 is 0 Å². The summed E-state index contributed by atoms with van der Waals surface area (Å²) in [5, 5.41) is 15.7.